The molecule has 0 atom stereocenters. The maximum Gasteiger partial charge on any atom is 0.238 e. The van der Waals surface area contributed by atoms with E-state index in [2.05, 4.69) is 27.1 Å². The zero-order valence-electron chi connectivity index (χ0n) is 20.9. The lowest BCUT2D eigenvalue weighted by Gasteiger charge is -2.31. The van der Waals surface area contributed by atoms with Gasteiger partial charge >= 0.3 is 0 Å². The summed E-state index contributed by atoms with van der Waals surface area (Å²) in [6.45, 7) is 4.13. The summed E-state index contributed by atoms with van der Waals surface area (Å²) in [5, 5.41) is 8.51. The average Bonchev–Trinajstić information content (AvgIpc) is 3.37. The zero-order chi connectivity index (χ0) is 25.8. The highest BCUT2D eigenvalue weighted by Gasteiger charge is 2.18. The standard InChI is InChI=1S/C28H29ClN6O2/c1-33-12-14-34(15-13-33)19-27(36)31-22-4-3-5-23(17-22)35-18-24(20-8-10-30-11-9-20)28(32-35)21-6-7-25(29)26(16-21)37-2/h3-11,16-18H,12-15,19H2,1-2H3,(H,31,36). The topological polar surface area (TPSA) is 75.5 Å². The van der Waals surface area contributed by atoms with Gasteiger partial charge in [-0.15, -0.1) is 0 Å². The maximum atomic E-state index is 12.7. The molecule has 37 heavy (non-hydrogen) atoms. The summed E-state index contributed by atoms with van der Waals surface area (Å²) >= 11 is 6.27. The number of hydrogen-bond acceptors (Lipinski definition) is 6. The molecule has 0 bridgehead atoms. The molecule has 0 spiro atoms. The minimum Gasteiger partial charge on any atom is -0.495 e. The summed E-state index contributed by atoms with van der Waals surface area (Å²) in [5.41, 5.74) is 5.15. The Morgan fingerprint density at radius 1 is 1.03 bits per heavy atom. The Bertz CT molecular complexity index is 1380. The lowest BCUT2D eigenvalue weighted by molar-refractivity contribution is -0.117. The number of methoxy groups -OCH3 is 1. The van der Waals surface area contributed by atoms with Gasteiger partial charge in [0, 0.05) is 61.6 Å². The first kappa shape index (κ1) is 25.0. The number of rotatable bonds is 7. The molecule has 1 fully saturated rings. The highest BCUT2D eigenvalue weighted by Crippen LogP contribution is 2.36. The van der Waals surface area contributed by atoms with Gasteiger partial charge in [-0.25, -0.2) is 4.68 Å². The van der Waals surface area contributed by atoms with Gasteiger partial charge in [-0.2, -0.15) is 5.10 Å². The summed E-state index contributed by atoms with van der Waals surface area (Å²) in [7, 11) is 3.70. The molecule has 4 aromatic rings. The molecular weight excluding hydrogens is 488 g/mol. The summed E-state index contributed by atoms with van der Waals surface area (Å²) in [6, 6.07) is 17.2. The number of ether oxygens (including phenoxy) is 1. The van der Waals surface area contributed by atoms with Crippen LogP contribution in [0.15, 0.2) is 73.2 Å². The van der Waals surface area contributed by atoms with E-state index >= 15 is 0 Å². The third kappa shape index (κ3) is 5.83. The van der Waals surface area contributed by atoms with Crippen LogP contribution in [0.25, 0.3) is 28.1 Å². The fourth-order valence-corrected chi connectivity index (χ4v) is 4.60. The number of pyridine rings is 1. The second-order valence-electron chi connectivity index (χ2n) is 9.10. The number of carbonyl (C=O) groups excluding carboxylic acids is 1. The number of benzene rings is 2. The third-order valence-electron chi connectivity index (χ3n) is 6.49. The van der Waals surface area contributed by atoms with Crippen LogP contribution in [-0.2, 0) is 4.79 Å². The van der Waals surface area contributed by atoms with Crippen molar-refractivity contribution in [2.24, 2.45) is 0 Å². The smallest absolute Gasteiger partial charge is 0.238 e. The van der Waals surface area contributed by atoms with Gasteiger partial charge in [-0.1, -0.05) is 23.7 Å². The second-order valence-corrected chi connectivity index (χ2v) is 9.51. The normalized spacial score (nSPS) is 14.5. The quantitative estimate of drug-likeness (QED) is 0.391. The highest BCUT2D eigenvalue weighted by molar-refractivity contribution is 6.32. The molecule has 1 aliphatic rings. The van der Waals surface area contributed by atoms with E-state index in [-0.39, 0.29) is 5.91 Å². The summed E-state index contributed by atoms with van der Waals surface area (Å²) in [4.78, 5) is 21.3. The molecule has 5 rings (SSSR count). The van der Waals surface area contributed by atoms with Crippen LogP contribution in [-0.4, -0.2) is 77.4 Å². The molecule has 2 aromatic carbocycles. The number of carbonyl (C=O) groups is 1. The predicted octanol–water partition coefficient (Wildman–Crippen LogP) is 4.45. The van der Waals surface area contributed by atoms with Crippen molar-refractivity contribution in [3.8, 4) is 33.8 Å². The Morgan fingerprint density at radius 3 is 2.57 bits per heavy atom. The summed E-state index contributed by atoms with van der Waals surface area (Å²) < 4.78 is 7.26. The van der Waals surface area contributed by atoms with Crippen LogP contribution in [0.3, 0.4) is 0 Å². The number of likely N-dealkylation sites (N-methyl/N-ethyl adjacent to an activating group) is 1. The largest absolute Gasteiger partial charge is 0.495 e. The van der Waals surface area contributed by atoms with Crippen LogP contribution < -0.4 is 10.1 Å². The Labute approximate surface area is 221 Å². The van der Waals surface area contributed by atoms with Crippen LogP contribution in [0.2, 0.25) is 5.02 Å². The van der Waals surface area contributed by atoms with Gasteiger partial charge in [0.05, 0.1) is 24.4 Å². The minimum atomic E-state index is -0.0198. The zero-order valence-corrected chi connectivity index (χ0v) is 21.7. The third-order valence-corrected chi connectivity index (χ3v) is 6.80. The number of amides is 1. The molecule has 190 valence electrons. The van der Waals surface area contributed by atoms with Gasteiger partial charge in [0.25, 0.3) is 0 Å². The van der Waals surface area contributed by atoms with Gasteiger partial charge in [0.15, 0.2) is 0 Å². The van der Waals surface area contributed by atoms with Crippen molar-refractivity contribution in [2.45, 2.75) is 0 Å². The molecule has 1 saturated heterocycles. The van der Waals surface area contributed by atoms with E-state index in [0.717, 1.165) is 59.9 Å². The lowest BCUT2D eigenvalue weighted by atomic mass is 10.0. The first-order chi connectivity index (χ1) is 18.0. The van der Waals surface area contributed by atoms with Crippen molar-refractivity contribution in [1.29, 1.82) is 0 Å². The first-order valence-electron chi connectivity index (χ1n) is 12.2. The molecule has 1 aliphatic heterocycles. The highest BCUT2D eigenvalue weighted by atomic mass is 35.5. The van der Waals surface area contributed by atoms with E-state index in [1.807, 2.05) is 65.5 Å². The van der Waals surface area contributed by atoms with E-state index in [1.54, 1.807) is 19.5 Å². The molecule has 0 unspecified atom stereocenters. The number of halogens is 1. The number of nitrogens with one attached hydrogen (secondary N) is 1. The molecule has 0 aliphatic carbocycles. The maximum absolute atomic E-state index is 12.7. The molecule has 1 amide bonds. The molecule has 8 nitrogen and oxygen atoms in total. The van der Waals surface area contributed by atoms with Crippen LogP contribution in [0.4, 0.5) is 5.69 Å². The molecule has 2 aromatic heterocycles. The van der Waals surface area contributed by atoms with Crippen LogP contribution >= 0.6 is 11.6 Å². The van der Waals surface area contributed by atoms with Crippen molar-refractivity contribution in [2.75, 3.05) is 52.2 Å². The number of piperazine rings is 1. The number of hydrogen-bond donors (Lipinski definition) is 1. The van der Waals surface area contributed by atoms with Gasteiger partial charge in [-0.3, -0.25) is 14.7 Å². The molecule has 0 saturated carbocycles. The Balaban J connectivity index is 1.43. The summed E-state index contributed by atoms with van der Waals surface area (Å²) in [5.74, 6) is 0.563. The molecule has 9 heteroatoms. The Kier molecular flexibility index (Phi) is 7.50. The van der Waals surface area contributed by atoms with Gasteiger partial charge < -0.3 is 15.0 Å². The second kappa shape index (κ2) is 11.1. The predicted molar refractivity (Wildman–Crippen MR) is 146 cm³/mol. The Morgan fingerprint density at radius 2 is 1.81 bits per heavy atom. The van der Waals surface area contributed by atoms with Crippen LogP contribution in [0.5, 0.6) is 5.75 Å². The number of aromatic nitrogens is 3. The fraction of sp³-hybridized carbons (Fsp3) is 0.250. The lowest BCUT2D eigenvalue weighted by Crippen LogP contribution is -2.47. The van der Waals surface area contributed by atoms with Crippen molar-refractivity contribution in [3.63, 3.8) is 0 Å². The van der Waals surface area contributed by atoms with Crippen molar-refractivity contribution in [1.82, 2.24) is 24.6 Å². The fourth-order valence-electron chi connectivity index (χ4n) is 4.40. The monoisotopic (exact) mass is 516 g/mol. The van der Waals surface area contributed by atoms with E-state index in [9.17, 15) is 4.79 Å². The van der Waals surface area contributed by atoms with E-state index < -0.39 is 0 Å². The van der Waals surface area contributed by atoms with Crippen LogP contribution in [0.1, 0.15) is 0 Å². The average molecular weight is 517 g/mol. The Hall–Kier alpha value is -3.72. The number of anilines is 1. The summed E-state index contributed by atoms with van der Waals surface area (Å²) in [6.07, 6.45) is 5.50. The molecular formula is C28H29ClN6O2. The molecule has 3 heterocycles. The van der Waals surface area contributed by atoms with E-state index in [1.165, 1.54) is 0 Å². The molecule has 0 radical (unpaired) electrons. The number of nitrogens with zero attached hydrogens (tertiary/aromatic N) is 5. The van der Waals surface area contributed by atoms with Crippen molar-refractivity contribution < 1.29 is 9.53 Å². The van der Waals surface area contributed by atoms with Gasteiger partial charge in [0.1, 0.15) is 11.4 Å². The minimum absolute atomic E-state index is 0.0198. The van der Waals surface area contributed by atoms with Crippen molar-refractivity contribution in [3.05, 3.63) is 78.2 Å². The SMILES string of the molecule is COc1cc(-c2nn(-c3cccc(NC(=O)CN4CCN(C)CC4)c3)cc2-c2ccncc2)ccc1Cl. The van der Waals surface area contributed by atoms with Crippen LogP contribution in [0, 0.1) is 0 Å². The van der Waals surface area contributed by atoms with Gasteiger partial charge in [0.2, 0.25) is 5.91 Å². The van der Waals surface area contributed by atoms with Gasteiger partial charge in [-0.05, 0) is 55.1 Å². The first-order valence-corrected chi connectivity index (χ1v) is 12.5. The van der Waals surface area contributed by atoms with Crippen molar-refractivity contribution >= 4 is 23.2 Å². The van der Waals surface area contributed by atoms with E-state index in [0.29, 0.717) is 17.3 Å². The molecule has 1 N–H and O–H groups in total. The van der Waals surface area contributed by atoms with E-state index in [4.69, 9.17) is 21.4 Å².